The van der Waals surface area contributed by atoms with Crippen LogP contribution in [0.15, 0.2) is 12.2 Å². The second kappa shape index (κ2) is 7.31. The fraction of sp³-hybridized carbons (Fsp3) is 0.750. The van der Waals surface area contributed by atoms with Gasteiger partial charge in [0.05, 0.1) is 6.54 Å². The zero-order chi connectivity index (χ0) is 17.8. The van der Waals surface area contributed by atoms with Crippen LogP contribution in [0.2, 0.25) is 0 Å². The summed E-state index contributed by atoms with van der Waals surface area (Å²) in [6, 6.07) is -0.407. The maximum Gasteiger partial charge on any atom is 0.333 e. The molecule has 0 spiro atoms. The summed E-state index contributed by atoms with van der Waals surface area (Å²) in [6.07, 6.45) is 1.16. The summed E-state index contributed by atoms with van der Waals surface area (Å²) in [5.41, 5.74) is -0.740. The minimum absolute atomic E-state index is 0.0804. The first-order chi connectivity index (χ1) is 10.5. The molecule has 23 heavy (non-hydrogen) atoms. The lowest BCUT2D eigenvalue weighted by atomic mass is 9.79. The molecule has 1 heterocycles. The van der Waals surface area contributed by atoms with Gasteiger partial charge in [-0.2, -0.15) is 0 Å². The van der Waals surface area contributed by atoms with Crippen molar-refractivity contribution in [3.05, 3.63) is 12.2 Å². The molecular weight excluding hydrogens is 298 g/mol. The van der Waals surface area contributed by atoms with Gasteiger partial charge in [0, 0.05) is 22.7 Å². The van der Waals surface area contributed by atoms with Gasteiger partial charge in [0.1, 0.15) is 6.61 Å². The van der Waals surface area contributed by atoms with E-state index in [1.54, 1.807) is 6.92 Å². The molecule has 131 valence electrons. The summed E-state index contributed by atoms with van der Waals surface area (Å²) in [4.78, 5) is 23.1. The Kier molecular flexibility index (Phi) is 6.18. The van der Waals surface area contributed by atoms with Crippen molar-refractivity contribution in [3.8, 4) is 0 Å². The van der Waals surface area contributed by atoms with E-state index in [1.807, 2.05) is 27.7 Å². The molecule has 0 unspecified atom stereocenters. The second-order valence-corrected chi connectivity index (χ2v) is 7.34. The van der Waals surface area contributed by atoms with E-state index in [2.05, 4.69) is 17.2 Å². The van der Waals surface area contributed by atoms with Gasteiger partial charge in [-0.15, -0.1) is 10.3 Å². The van der Waals surface area contributed by atoms with Gasteiger partial charge < -0.3 is 15.4 Å². The molecule has 7 heteroatoms. The van der Waals surface area contributed by atoms with Crippen LogP contribution in [0.1, 0.15) is 47.5 Å². The molecular formula is C16H28N3O4. The lowest BCUT2D eigenvalue weighted by molar-refractivity contribution is -0.289. The van der Waals surface area contributed by atoms with Crippen LogP contribution in [-0.2, 0) is 14.7 Å². The van der Waals surface area contributed by atoms with E-state index in [-0.39, 0.29) is 25.2 Å². The molecule has 0 atom stereocenters. The summed E-state index contributed by atoms with van der Waals surface area (Å²) in [5.74, 6) is -0.474. The molecule has 0 aromatic carbocycles. The third-order valence-corrected chi connectivity index (χ3v) is 3.90. The quantitative estimate of drug-likeness (QED) is 0.458. The molecule has 7 nitrogen and oxygen atoms in total. The highest BCUT2D eigenvalue weighted by atomic mass is 16.5. The Hall–Kier alpha value is -1.60. The van der Waals surface area contributed by atoms with Crippen LogP contribution in [-0.4, -0.2) is 47.3 Å². The number of hydrogen-bond donors (Lipinski definition) is 2. The second-order valence-electron chi connectivity index (χ2n) is 7.34. The Morgan fingerprint density at radius 1 is 1.22 bits per heavy atom. The Labute approximate surface area is 138 Å². The Balaban J connectivity index is 2.40. The van der Waals surface area contributed by atoms with Gasteiger partial charge in [0.25, 0.3) is 0 Å². The number of urea groups is 1. The van der Waals surface area contributed by atoms with Crippen molar-refractivity contribution in [2.75, 3.05) is 13.2 Å². The van der Waals surface area contributed by atoms with Crippen LogP contribution < -0.4 is 10.6 Å². The van der Waals surface area contributed by atoms with E-state index in [1.165, 1.54) is 0 Å². The summed E-state index contributed by atoms with van der Waals surface area (Å²) in [6.45, 7) is 12.9. The predicted octanol–water partition coefficient (Wildman–Crippen LogP) is 1.77. The fourth-order valence-electron chi connectivity index (χ4n) is 3.03. The van der Waals surface area contributed by atoms with Crippen LogP contribution in [0, 0.1) is 0 Å². The van der Waals surface area contributed by atoms with E-state index < -0.39 is 17.0 Å². The number of hydrogen-bond acceptors (Lipinski definition) is 4. The highest BCUT2D eigenvalue weighted by Gasteiger charge is 2.46. The van der Waals surface area contributed by atoms with E-state index in [0.29, 0.717) is 18.4 Å². The first kappa shape index (κ1) is 19.4. The van der Waals surface area contributed by atoms with Crippen molar-refractivity contribution in [1.82, 2.24) is 15.7 Å². The molecule has 1 saturated heterocycles. The average molecular weight is 326 g/mol. The third-order valence-electron chi connectivity index (χ3n) is 3.90. The summed E-state index contributed by atoms with van der Waals surface area (Å²) in [7, 11) is 0. The molecule has 2 amide bonds. The number of carbonyl (C=O) groups excluding carboxylic acids is 2. The van der Waals surface area contributed by atoms with Gasteiger partial charge in [-0.25, -0.2) is 9.59 Å². The van der Waals surface area contributed by atoms with E-state index in [4.69, 9.17) is 4.74 Å². The van der Waals surface area contributed by atoms with Crippen molar-refractivity contribution < 1.29 is 19.5 Å². The van der Waals surface area contributed by atoms with Crippen LogP contribution in [0.25, 0.3) is 0 Å². The molecule has 1 aliphatic heterocycles. The summed E-state index contributed by atoms with van der Waals surface area (Å²) >= 11 is 0. The maximum atomic E-state index is 12.3. The molecule has 1 fully saturated rings. The van der Waals surface area contributed by atoms with Crippen LogP contribution in [0.5, 0.6) is 0 Å². The van der Waals surface area contributed by atoms with Crippen LogP contribution in [0.4, 0.5) is 4.79 Å². The van der Waals surface area contributed by atoms with Gasteiger partial charge >= 0.3 is 12.0 Å². The van der Waals surface area contributed by atoms with Crippen molar-refractivity contribution >= 4 is 12.0 Å². The number of nitrogens with one attached hydrogen (secondary N) is 2. The number of esters is 1. The molecule has 0 aromatic heterocycles. The Bertz CT molecular complexity index is 456. The standard InChI is InChI=1S/C16H28N3O4/c1-11(2)13(20)23-8-7-17-14(21)18-12-9-15(3,4)19(22)16(5,6)10-12/h12H,1,7-10H2,2-6H3,(H2,17,18,21). The Morgan fingerprint density at radius 2 is 1.74 bits per heavy atom. The molecule has 0 saturated carbocycles. The smallest absolute Gasteiger partial charge is 0.333 e. The van der Waals surface area contributed by atoms with E-state index >= 15 is 0 Å². The molecule has 1 aliphatic rings. The van der Waals surface area contributed by atoms with Gasteiger partial charge in [0.15, 0.2) is 0 Å². The van der Waals surface area contributed by atoms with Crippen LogP contribution >= 0.6 is 0 Å². The minimum atomic E-state index is -0.531. The van der Waals surface area contributed by atoms with Gasteiger partial charge in [-0.05, 0) is 47.5 Å². The molecule has 1 radical (unpaired) electrons. The van der Waals surface area contributed by atoms with Crippen molar-refractivity contribution in [3.63, 3.8) is 0 Å². The molecule has 0 bridgehead atoms. The van der Waals surface area contributed by atoms with Crippen molar-refractivity contribution in [2.24, 2.45) is 0 Å². The van der Waals surface area contributed by atoms with Gasteiger partial charge in [-0.3, -0.25) is 0 Å². The Morgan fingerprint density at radius 3 is 2.22 bits per heavy atom. The molecule has 0 aliphatic carbocycles. The zero-order valence-electron chi connectivity index (χ0n) is 14.7. The first-order valence-electron chi connectivity index (χ1n) is 7.80. The minimum Gasteiger partial charge on any atom is -0.460 e. The predicted molar refractivity (Wildman–Crippen MR) is 86.0 cm³/mol. The third kappa shape index (κ3) is 5.51. The maximum absolute atomic E-state index is 12.3. The van der Waals surface area contributed by atoms with Crippen LogP contribution in [0.3, 0.4) is 0 Å². The van der Waals surface area contributed by atoms with Gasteiger partial charge in [-0.1, -0.05) is 6.58 Å². The highest BCUT2D eigenvalue weighted by molar-refractivity contribution is 5.86. The summed E-state index contributed by atoms with van der Waals surface area (Å²) in [5, 5.41) is 18.9. The SMILES string of the molecule is C=C(C)C(=O)OCCNC(=O)NC1CC(C)(C)N([O])C(C)(C)C1. The number of nitrogens with zero attached hydrogens (tertiary/aromatic N) is 1. The molecule has 0 aromatic rings. The lowest BCUT2D eigenvalue weighted by Crippen LogP contribution is -2.63. The normalized spacial score (nSPS) is 20.6. The number of amides is 2. The first-order valence-corrected chi connectivity index (χ1v) is 7.80. The van der Waals surface area contributed by atoms with Crippen molar-refractivity contribution in [1.29, 1.82) is 0 Å². The number of carbonyl (C=O) groups is 2. The highest BCUT2D eigenvalue weighted by Crippen LogP contribution is 2.36. The number of rotatable bonds is 5. The summed E-state index contributed by atoms with van der Waals surface area (Å²) < 4.78 is 4.90. The number of ether oxygens (including phenoxy) is 1. The number of hydroxylamine groups is 2. The van der Waals surface area contributed by atoms with Crippen molar-refractivity contribution in [2.45, 2.75) is 64.6 Å². The van der Waals surface area contributed by atoms with E-state index in [9.17, 15) is 14.8 Å². The fourth-order valence-corrected chi connectivity index (χ4v) is 3.03. The lowest BCUT2D eigenvalue weighted by Gasteiger charge is -2.49. The topological polar surface area (TPSA) is 90.6 Å². The number of piperidine rings is 1. The largest absolute Gasteiger partial charge is 0.460 e. The van der Waals surface area contributed by atoms with E-state index in [0.717, 1.165) is 5.06 Å². The monoisotopic (exact) mass is 326 g/mol. The van der Waals surface area contributed by atoms with Gasteiger partial charge in [0.2, 0.25) is 0 Å². The molecule has 1 rings (SSSR count). The molecule has 2 N–H and O–H groups in total. The zero-order valence-corrected chi connectivity index (χ0v) is 14.7. The average Bonchev–Trinajstić information content (AvgIpc) is 2.39.